The fourth-order valence-electron chi connectivity index (χ4n) is 2.39. The number of rotatable bonds is 7. The fourth-order valence-corrected chi connectivity index (χ4v) is 2.39. The van der Waals surface area contributed by atoms with Crippen molar-refractivity contribution >= 4 is 18.3 Å². The summed E-state index contributed by atoms with van der Waals surface area (Å²) < 4.78 is 0. The van der Waals surface area contributed by atoms with Crippen LogP contribution in [0.25, 0.3) is 0 Å². The van der Waals surface area contributed by atoms with E-state index < -0.39 is 6.04 Å². The minimum atomic E-state index is -0.417. The number of hydrogen-bond donors (Lipinski definition) is 1. The van der Waals surface area contributed by atoms with Crippen LogP contribution in [0.4, 0.5) is 0 Å². The van der Waals surface area contributed by atoms with Gasteiger partial charge in [-0.1, -0.05) is 67.6 Å². The Labute approximate surface area is 144 Å². The van der Waals surface area contributed by atoms with Crippen LogP contribution in [0.5, 0.6) is 0 Å². The molecule has 2 aromatic rings. The largest absolute Gasteiger partial charge is 0.337 e. The van der Waals surface area contributed by atoms with Gasteiger partial charge in [0.2, 0.25) is 5.91 Å². The smallest absolute Gasteiger partial charge is 0.239 e. The van der Waals surface area contributed by atoms with Gasteiger partial charge in [-0.2, -0.15) is 0 Å². The molecule has 0 aromatic heterocycles. The first-order valence-corrected chi connectivity index (χ1v) is 7.83. The normalized spacial score (nSPS) is 11.4. The average molecular weight is 333 g/mol. The molecule has 1 atom stereocenters. The van der Waals surface area contributed by atoms with Gasteiger partial charge in [0, 0.05) is 13.1 Å². The Morgan fingerprint density at radius 3 is 2.04 bits per heavy atom. The van der Waals surface area contributed by atoms with E-state index >= 15 is 0 Å². The van der Waals surface area contributed by atoms with Crippen LogP contribution in [-0.2, 0) is 17.8 Å². The average Bonchev–Trinajstić information content (AvgIpc) is 2.59. The molecular weight excluding hydrogens is 308 g/mol. The van der Waals surface area contributed by atoms with Gasteiger partial charge in [0.05, 0.1) is 6.04 Å². The van der Waals surface area contributed by atoms with Crippen LogP contribution in [0.1, 0.15) is 24.5 Å². The molecule has 4 heteroatoms. The van der Waals surface area contributed by atoms with Gasteiger partial charge in [-0.3, -0.25) is 4.79 Å². The lowest BCUT2D eigenvalue weighted by Gasteiger charge is -2.25. The summed E-state index contributed by atoms with van der Waals surface area (Å²) in [6.07, 6.45) is 1.51. The summed E-state index contributed by atoms with van der Waals surface area (Å²) in [5.74, 6) is 0.0299. The van der Waals surface area contributed by atoms with Crippen molar-refractivity contribution in [2.24, 2.45) is 5.73 Å². The molecule has 0 fully saturated rings. The Kier molecular flexibility index (Phi) is 8.38. The first-order chi connectivity index (χ1) is 10.7. The van der Waals surface area contributed by atoms with E-state index in [-0.39, 0.29) is 18.3 Å². The third-order valence-electron chi connectivity index (χ3n) is 3.80. The van der Waals surface area contributed by atoms with E-state index in [0.29, 0.717) is 19.5 Å². The van der Waals surface area contributed by atoms with E-state index in [1.165, 1.54) is 5.56 Å². The molecule has 3 nitrogen and oxygen atoms in total. The molecule has 2 aromatic carbocycles. The monoisotopic (exact) mass is 332 g/mol. The van der Waals surface area contributed by atoms with Crippen molar-refractivity contribution in [2.45, 2.75) is 32.4 Å². The lowest BCUT2D eigenvalue weighted by molar-refractivity contribution is -0.133. The summed E-state index contributed by atoms with van der Waals surface area (Å²) in [6.45, 7) is 3.24. The lowest BCUT2D eigenvalue weighted by Crippen LogP contribution is -2.43. The second-order valence-corrected chi connectivity index (χ2v) is 5.50. The van der Waals surface area contributed by atoms with Crippen molar-refractivity contribution in [2.75, 3.05) is 6.54 Å². The molecule has 0 aliphatic heterocycles. The van der Waals surface area contributed by atoms with Gasteiger partial charge in [0.15, 0.2) is 0 Å². The number of nitrogens with zero attached hydrogens (tertiary/aromatic N) is 1. The summed E-state index contributed by atoms with van der Waals surface area (Å²) in [5.41, 5.74) is 8.32. The van der Waals surface area contributed by atoms with E-state index in [1.54, 1.807) is 0 Å². The van der Waals surface area contributed by atoms with Crippen molar-refractivity contribution in [3.8, 4) is 0 Å². The molecule has 0 saturated heterocycles. The van der Waals surface area contributed by atoms with Crippen LogP contribution in [-0.4, -0.2) is 23.4 Å². The van der Waals surface area contributed by atoms with Gasteiger partial charge in [-0.25, -0.2) is 0 Å². The number of nitrogens with two attached hydrogens (primary N) is 1. The highest BCUT2D eigenvalue weighted by atomic mass is 35.5. The second-order valence-electron chi connectivity index (χ2n) is 5.50. The molecule has 124 valence electrons. The SMILES string of the molecule is CC[C@H](N)C(=O)N(CCc1ccccc1)Cc1ccccc1.Cl. The highest BCUT2D eigenvalue weighted by Crippen LogP contribution is 2.09. The molecular formula is C19H25ClN2O. The van der Waals surface area contributed by atoms with Gasteiger partial charge < -0.3 is 10.6 Å². The number of carbonyl (C=O) groups is 1. The van der Waals surface area contributed by atoms with Crippen molar-refractivity contribution in [1.29, 1.82) is 0 Å². The third kappa shape index (κ3) is 6.05. The number of hydrogen-bond acceptors (Lipinski definition) is 2. The summed E-state index contributed by atoms with van der Waals surface area (Å²) >= 11 is 0. The topological polar surface area (TPSA) is 46.3 Å². The molecule has 0 aliphatic carbocycles. The van der Waals surface area contributed by atoms with Gasteiger partial charge >= 0.3 is 0 Å². The van der Waals surface area contributed by atoms with Crippen LogP contribution >= 0.6 is 12.4 Å². The minimum absolute atomic E-state index is 0. The van der Waals surface area contributed by atoms with Crippen LogP contribution in [0.3, 0.4) is 0 Å². The van der Waals surface area contributed by atoms with Crippen LogP contribution in [0, 0.1) is 0 Å². The summed E-state index contributed by atoms with van der Waals surface area (Å²) in [4.78, 5) is 14.4. The van der Waals surface area contributed by atoms with Crippen molar-refractivity contribution in [3.63, 3.8) is 0 Å². The molecule has 1 amide bonds. The third-order valence-corrected chi connectivity index (χ3v) is 3.80. The summed E-state index contributed by atoms with van der Waals surface area (Å²) in [6, 6.07) is 19.9. The van der Waals surface area contributed by atoms with Gasteiger partial charge in [0.1, 0.15) is 0 Å². The molecule has 0 radical (unpaired) electrons. The highest BCUT2D eigenvalue weighted by molar-refractivity contribution is 5.85. The Morgan fingerprint density at radius 2 is 1.52 bits per heavy atom. The number of amides is 1. The standard InChI is InChI=1S/C19H24N2O.ClH/c1-2-18(20)19(22)21(15-17-11-7-4-8-12-17)14-13-16-9-5-3-6-10-16;/h3-12,18H,2,13-15,20H2,1H3;1H/t18-;/m0./s1. The van der Waals surface area contributed by atoms with Gasteiger partial charge in [0.25, 0.3) is 0 Å². The van der Waals surface area contributed by atoms with E-state index in [0.717, 1.165) is 12.0 Å². The number of benzene rings is 2. The van der Waals surface area contributed by atoms with Crippen LogP contribution in [0.2, 0.25) is 0 Å². The predicted molar refractivity (Wildman–Crippen MR) is 97.5 cm³/mol. The Morgan fingerprint density at radius 1 is 1.00 bits per heavy atom. The highest BCUT2D eigenvalue weighted by Gasteiger charge is 2.19. The Hall–Kier alpha value is -1.84. The first-order valence-electron chi connectivity index (χ1n) is 7.83. The van der Waals surface area contributed by atoms with Crippen molar-refractivity contribution in [3.05, 3.63) is 71.8 Å². The maximum atomic E-state index is 12.5. The van der Waals surface area contributed by atoms with Crippen molar-refractivity contribution in [1.82, 2.24) is 4.90 Å². The molecule has 0 aliphatic rings. The van der Waals surface area contributed by atoms with E-state index in [9.17, 15) is 4.79 Å². The zero-order valence-corrected chi connectivity index (χ0v) is 14.3. The zero-order chi connectivity index (χ0) is 15.8. The molecule has 2 rings (SSSR count). The maximum absolute atomic E-state index is 12.5. The van der Waals surface area contributed by atoms with E-state index in [4.69, 9.17) is 5.73 Å². The quantitative estimate of drug-likeness (QED) is 0.844. The number of carbonyl (C=O) groups excluding carboxylic acids is 1. The van der Waals surface area contributed by atoms with Crippen LogP contribution < -0.4 is 5.73 Å². The Bertz CT molecular complexity index is 574. The Balaban J connectivity index is 0.00000264. The zero-order valence-electron chi connectivity index (χ0n) is 13.5. The number of halogens is 1. The second kappa shape index (κ2) is 10.0. The van der Waals surface area contributed by atoms with Gasteiger partial charge in [-0.05, 0) is 24.0 Å². The van der Waals surface area contributed by atoms with Crippen molar-refractivity contribution < 1.29 is 4.79 Å². The van der Waals surface area contributed by atoms with Gasteiger partial charge in [-0.15, -0.1) is 12.4 Å². The minimum Gasteiger partial charge on any atom is -0.337 e. The molecule has 23 heavy (non-hydrogen) atoms. The molecule has 2 N–H and O–H groups in total. The molecule has 0 spiro atoms. The lowest BCUT2D eigenvalue weighted by atomic mass is 10.1. The van der Waals surface area contributed by atoms with Crippen LogP contribution in [0.15, 0.2) is 60.7 Å². The molecule has 0 saturated carbocycles. The van der Waals surface area contributed by atoms with E-state index in [1.807, 2.05) is 60.4 Å². The predicted octanol–water partition coefficient (Wildman–Crippen LogP) is 3.42. The van der Waals surface area contributed by atoms with E-state index in [2.05, 4.69) is 12.1 Å². The summed E-state index contributed by atoms with van der Waals surface area (Å²) in [7, 11) is 0. The molecule has 0 bridgehead atoms. The first kappa shape index (κ1) is 19.2. The maximum Gasteiger partial charge on any atom is 0.239 e. The molecule has 0 heterocycles. The molecule has 0 unspecified atom stereocenters. The fraction of sp³-hybridized carbons (Fsp3) is 0.316. The summed E-state index contributed by atoms with van der Waals surface area (Å²) in [5, 5.41) is 0.